The molecule has 0 aromatic heterocycles. The zero-order valence-electron chi connectivity index (χ0n) is 19.2. The van der Waals surface area contributed by atoms with E-state index in [1.165, 1.54) is 6.07 Å². The Hall–Kier alpha value is -1.93. The van der Waals surface area contributed by atoms with E-state index in [2.05, 4.69) is 11.8 Å². The summed E-state index contributed by atoms with van der Waals surface area (Å²) in [5.41, 5.74) is 1.46. The molecule has 6 nitrogen and oxygen atoms in total. The van der Waals surface area contributed by atoms with Crippen molar-refractivity contribution in [3.05, 3.63) is 58.1 Å². The van der Waals surface area contributed by atoms with Crippen molar-refractivity contribution < 1.29 is 18.9 Å². The molecule has 34 heavy (non-hydrogen) atoms. The minimum absolute atomic E-state index is 0.0471. The van der Waals surface area contributed by atoms with Crippen molar-refractivity contribution in [2.45, 2.75) is 56.2 Å². The largest absolute Gasteiger partial charge is 0.611 e. The highest BCUT2D eigenvalue weighted by atomic mass is 35.5. The van der Waals surface area contributed by atoms with E-state index in [0.717, 1.165) is 24.9 Å². The average Bonchev–Trinajstić information content (AvgIpc) is 2.77. The van der Waals surface area contributed by atoms with Crippen LogP contribution in [0.3, 0.4) is 0 Å². The van der Waals surface area contributed by atoms with Gasteiger partial charge in [0, 0.05) is 41.4 Å². The Morgan fingerprint density at radius 1 is 1.09 bits per heavy atom. The predicted molar refractivity (Wildman–Crippen MR) is 135 cm³/mol. The number of hydrogen-bond acceptors (Lipinski definition) is 5. The maximum atomic E-state index is 13.3. The van der Waals surface area contributed by atoms with Crippen LogP contribution < -0.4 is 4.90 Å². The smallest absolute Gasteiger partial charge is 0.357 e. The maximum absolute atomic E-state index is 13.3. The van der Waals surface area contributed by atoms with Gasteiger partial charge in [-0.1, -0.05) is 29.3 Å². The lowest BCUT2D eigenvalue weighted by Gasteiger charge is -2.46. The van der Waals surface area contributed by atoms with Gasteiger partial charge in [-0.3, -0.25) is 4.79 Å². The van der Waals surface area contributed by atoms with Crippen LogP contribution in [0.15, 0.2) is 47.4 Å². The van der Waals surface area contributed by atoms with Crippen molar-refractivity contribution >= 4 is 51.9 Å². The molecule has 2 aliphatic rings. The number of amides is 1. The van der Waals surface area contributed by atoms with E-state index in [1.807, 2.05) is 36.1 Å². The van der Waals surface area contributed by atoms with E-state index in [-0.39, 0.29) is 34.9 Å². The Morgan fingerprint density at radius 3 is 2.50 bits per heavy atom. The molecule has 1 aliphatic carbocycles. The third kappa shape index (κ3) is 5.48. The summed E-state index contributed by atoms with van der Waals surface area (Å²) in [5.74, 6) is -0.864. The first kappa shape index (κ1) is 25.2. The molecular formula is C25H28Cl2N2O4S. The molecule has 1 saturated heterocycles. The Morgan fingerprint density at radius 2 is 1.85 bits per heavy atom. The van der Waals surface area contributed by atoms with Crippen molar-refractivity contribution in [3.8, 4) is 0 Å². The van der Waals surface area contributed by atoms with Gasteiger partial charge >= 0.3 is 5.97 Å². The van der Waals surface area contributed by atoms with Gasteiger partial charge in [-0.15, -0.1) is 0 Å². The molecule has 2 aromatic rings. The van der Waals surface area contributed by atoms with Gasteiger partial charge in [-0.05, 0) is 80.7 Å². The highest BCUT2D eigenvalue weighted by Gasteiger charge is 2.34. The molecule has 1 heterocycles. The minimum atomic E-state index is -1.64. The first-order valence-electron chi connectivity index (χ1n) is 11.4. The quantitative estimate of drug-likeness (QED) is 0.397. The summed E-state index contributed by atoms with van der Waals surface area (Å²) in [7, 11) is 0. The Balaban J connectivity index is 1.41. The standard InChI is InChI=1S/C25H28Cl2N2O4S/c1-16-17(2)29(12-11-28(16)20-6-3-5-19(26)14-20)25(31)18-9-10-23(22(27)13-18)34(32)15-24(30)33-21-7-4-8-21/h3,5-6,9-10,13-14,16-17,21H,4,7-8,11-12,15H2,1-2H3. The molecule has 3 unspecified atom stereocenters. The van der Waals surface area contributed by atoms with E-state index in [9.17, 15) is 14.1 Å². The SMILES string of the molecule is CC1C(C)N(c2cccc(Cl)c2)CCN1C(=O)c1ccc([S+]([O-])CC(=O)OC2CCC2)c(Cl)c1. The molecular weight excluding hydrogens is 495 g/mol. The molecule has 0 radical (unpaired) electrons. The summed E-state index contributed by atoms with van der Waals surface area (Å²) in [6.07, 6.45) is 2.72. The lowest BCUT2D eigenvalue weighted by Crippen LogP contribution is -2.59. The van der Waals surface area contributed by atoms with E-state index in [4.69, 9.17) is 27.9 Å². The predicted octanol–water partition coefficient (Wildman–Crippen LogP) is 4.94. The van der Waals surface area contributed by atoms with Crippen LogP contribution in [0.5, 0.6) is 0 Å². The van der Waals surface area contributed by atoms with Crippen LogP contribution in [0, 0.1) is 0 Å². The molecule has 3 atom stereocenters. The van der Waals surface area contributed by atoms with Gasteiger partial charge in [0.25, 0.3) is 5.91 Å². The number of rotatable bonds is 6. The second kappa shape index (κ2) is 10.8. The number of anilines is 1. The second-order valence-corrected chi connectivity index (χ2v) is 11.1. The molecule has 1 saturated carbocycles. The van der Waals surface area contributed by atoms with E-state index < -0.39 is 17.1 Å². The molecule has 9 heteroatoms. The fourth-order valence-corrected chi connectivity index (χ4v) is 5.88. The Bertz CT molecular complexity index is 1060. The lowest BCUT2D eigenvalue weighted by atomic mass is 9.96. The van der Waals surface area contributed by atoms with Gasteiger partial charge < -0.3 is 19.1 Å². The average molecular weight is 523 g/mol. The molecule has 182 valence electrons. The fraction of sp³-hybridized carbons (Fsp3) is 0.440. The lowest BCUT2D eigenvalue weighted by molar-refractivity contribution is -0.149. The van der Waals surface area contributed by atoms with Crippen LogP contribution in [0.25, 0.3) is 0 Å². The molecule has 1 amide bonds. The normalized spacial score (nSPS) is 21.7. The highest BCUT2D eigenvalue weighted by molar-refractivity contribution is 7.92. The van der Waals surface area contributed by atoms with Gasteiger partial charge in [-0.2, -0.15) is 0 Å². The summed E-state index contributed by atoms with van der Waals surface area (Å²) < 4.78 is 17.9. The minimum Gasteiger partial charge on any atom is -0.611 e. The monoisotopic (exact) mass is 522 g/mol. The molecule has 0 spiro atoms. The summed E-state index contributed by atoms with van der Waals surface area (Å²) in [4.78, 5) is 29.7. The van der Waals surface area contributed by atoms with Gasteiger partial charge in [0.05, 0.1) is 5.02 Å². The number of benzene rings is 2. The Kier molecular flexibility index (Phi) is 7.97. The third-order valence-corrected chi connectivity index (χ3v) is 8.69. The number of halogens is 2. The molecule has 0 N–H and O–H groups in total. The second-order valence-electron chi connectivity index (χ2n) is 8.83. The number of ether oxygens (including phenoxy) is 1. The van der Waals surface area contributed by atoms with Crippen LogP contribution in [0.2, 0.25) is 10.0 Å². The molecule has 2 fully saturated rings. The van der Waals surface area contributed by atoms with Gasteiger partial charge in [0.2, 0.25) is 5.75 Å². The molecule has 1 aliphatic heterocycles. The van der Waals surface area contributed by atoms with Crippen molar-refractivity contribution in [1.29, 1.82) is 0 Å². The summed E-state index contributed by atoms with van der Waals surface area (Å²) in [5, 5.41) is 0.887. The Labute approximate surface area is 213 Å². The first-order valence-corrected chi connectivity index (χ1v) is 13.5. The number of esters is 1. The van der Waals surface area contributed by atoms with E-state index in [1.54, 1.807) is 12.1 Å². The van der Waals surface area contributed by atoms with E-state index >= 15 is 0 Å². The molecule has 0 bridgehead atoms. The number of hydrogen-bond donors (Lipinski definition) is 0. The number of carbonyl (C=O) groups excluding carboxylic acids is 2. The van der Waals surface area contributed by atoms with Crippen LogP contribution in [0.4, 0.5) is 5.69 Å². The summed E-state index contributed by atoms with van der Waals surface area (Å²) >= 11 is 10.9. The van der Waals surface area contributed by atoms with Gasteiger partial charge in [0.15, 0.2) is 4.90 Å². The summed E-state index contributed by atoms with van der Waals surface area (Å²) in [6, 6.07) is 12.5. The number of piperazine rings is 1. The zero-order chi connectivity index (χ0) is 24.4. The van der Waals surface area contributed by atoms with Gasteiger partial charge in [-0.25, -0.2) is 4.79 Å². The van der Waals surface area contributed by atoms with Gasteiger partial charge in [0.1, 0.15) is 6.10 Å². The van der Waals surface area contributed by atoms with Crippen LogP contribution >= 0.6 is 23.2 Å². The van der Waals surface area contributed by atoms with Crippen molar-refractivity contribution in [1.82, 2.24) is 4.90 Å². The number of nitrogens with zero attached hydrogens (tertiary/aromatic N) is 2. The highest BCUT2D eigenvalue weighted by Crippen LogP contribution is 2.29. The summed E-state index contributed by atoms with van der Waals surface area (Å²) in [6.45, 7) is 5.34. The topological polar surface area (TPSA) is 72.9 Å². The van der Waals surface area contributed by atoms with Crippen LogP contribution in [-0.2, 0) is 20.7 Å². The molecule has 2 aromatic carbocycles. The van der Waals surface area contributed by atoms with Crippen LogP contribution in [-0.4, -0.2) is 58.4 Å². The van der Waals surface area contributed by atoms with Crippen LogP contribution in [0.1, 0.15) is 43.5 Å². The maximum Gasteiger partial charge on any atom is 0.357 e. The fourth-order valence-electron chi connectivity index (χ4n) is 4.33. The first-order chi connectivity index (χ1) is 16.2. The van der Waals surface area contributed by atoms with E-state index in [0.29, 0.717) is 28.6 Å². The van der Waals surface area contributed by atoms with Crippen molar-refractivity contribution in [3.63, 3.8) is 0 Å². The number of carbonyl (C=O) groups is 2. The molecule has 4 rings (SSSR count). The zero-order valence-corrected chi connectivity index (χ0v) is 21.5. The van der Waals surface area contributed by atoms with Crippen molar-refractivity contribution in [2.24, 2.45) is 0 Å². The van der Waals surface area contributed by atoms with Crippen molar-refractivity contribution in [2.75, 3.05) is 23.7 Å². The third-order valence-electron chi connectivity index (χ3n) is 6.69.